The first-order valence-electron chi connectivity index (χ1n) is 10.1. The van der Waals surface area contributed by atoms with Gasteiger partial charge in [-0.2, -0.15) is 10.2 Å². The van der Waals surface area contributed by atoms with Gasteiger partial charge in [0.2, 0.25) is 11.9 Å². The zero-order valence-corrected chi connectivity index (χ0v) is 17.4. The summed E-state index contributed by atoms with van der Waals surface area (Å²) in [4.78, 5) is 32.5. The number of aromatic nitrogens is 2. The number of benzene rings is 2. The highest BCUT2D eigenvalue weighted by Crippen LogP contribution is 2.45. The van der Waals surface area contributed by atoms with E-state index in [1.807, 2.05) is 0 Å². The van der Waals surface area contributed by atoms with Gasteiger partial charge in [0.15, 0.2) is 0 Å². The van der Waals surface area contributed by atoms with E-state index in [9.17, 15) is 19.2 Å². The minimum atomic E-state index is -0.931. The molecule has 1 aliphatic carbocycles. The fraction of sp³-hybridized carbons (Fsp3) is 0.174. The van der Waals surface area contributed by atoms with Gasteiger partial charge in [-0.15, -0.1) is 0 Å². The summed E-state index contributed by atoms with van der Waals surface area (Å²) in [7, 11) is 0. The SMILES string of the molecule is N#CC1(C(=O)Nc2cccc(Nc3ncc(C(N)=O)c(NCc4cccc(F)c4)n3)c2)CC1. The second-order valence-electron chi connectivity index (χ2n) is 7.66. The van der Waals surface area contributed by atoms with Crippen LogP contribution in [-0.4, -0.2) is 21.8 Å². The molecule has 5 N–H and O–H groups in total. The summed E-state index contributed by atoms with van der Waals surface area (Å²) in [5.74, 6) is -1.03. The number of amides is 2. The molecule has 0 saturated heterocycles. The third-order valence-corrected chi connectivity index (χ3v) is 5.18. The zero-order chi connectivity index (χ0) is 23.4. The smallest absolute Gasteiger partial charge is 0.254 e. The minimum Gasteiger partial charge on any atom is -0.365 e. The van der Waals surface area contributed by atoms with Crippen LogP contribution >= 0.6 is 0 Å². The number of carbonyl (C=O) groups is 2. The van der Waals surface area contributed by atoms with Gasteiger partial charge >= 0.3 is 0 Å². The van der Waals surface area contributed by atoms with Crippen LogP contribution in [0.1, 0.15) is 28.8 Å². The largest absolute Gasteiger partial charge is 0.365 e. The molecule has 0 aliphatic heterocycles. The highest BCUT2D eigenvalue weighted by atomic mass is 19.1. The summed E-state index contributed by atoms with van der Waals surface area (Å²) in [6, 6.07) is 15.0. The fourth-order valence-corrected chi connectivity index (χ4v) is 3.16. The molecule has 0 bridgehead atoms. The maximum atomic E-state index is 13.4. The maximum Gasteiger partial charge on any atom is 0.254 e. The average Bonchev–Trinajstić information content (AvgIpc) is 3.59. The molecular weight excluding hydrogens is 425 g/mol. The monoisotopic (exact) mass is 445 g/mol. The molecule has 3 aromatic rings. The van der Waals surface area contributed by atoms with E-state index < -0.39 is 11.3 Å². The molecule has 2 amide bonds. The van der Waals surface area contributed by atoms with Crippen molar-refractivity contribution in [3.63, 3.8) is 0 Å². The van der Waals surface area contributed by atoms with Gasteiger partial charge in [-0.25, -0.2) is 9.37 Å². The predicted molar refractivity (Wildman–Crippen MR) is 120 cm³/mol. The van der Waals surface area contributed by atoms with E-state index in [1.54, 1.807) is 36.4 Å². The summed E-state index contributed by atoms with van der Waals surface area (Å²) in [6.45, 7) is 0.219. The van der Waals surface area contributed by atoms with Crippen LogP contribution in [0.15, 0.2) is 54.7 Å². The molecule has 0 atom stereocenters. The number of nitrogens with one attached hydrogen (secondary N) is 3. The number of halogens is 1. The van der Waals surface area contributed by atoms with E-state index in [0.717, 1.165) is 0 Å². The lowest BCUT2D eigenvalue weighted by Crippen LogP contribution is -2.22. The molecule has 166 valence electrons. The van der Waals surface area contributed by atoms with Gasteiger partial charge < -0.3 is 21.7 Å². The number of anilines is 4. The van der Waals surface area contributed by atoms with Crippen LogP contribution in [0.25, 0.3) is 0 Å². The predicted octanol–water partition coefficient (Wildman–Crippen LogP) is 3.31. The Morgan fingerprint density at radius 2 is 1.91 bits per heavy atom. The Hall–Kier alpha value is -4.52. The third-order valence-electron chi connectivity index (χ3n) is 5.18. The quantitative estimate of drug-likeness (QED) is 0.416. The van der Waals surface area contributed by atoms with E-state index >= 15 is 0 Å². The number of carbonyl (C=O) groups excluding carboxylic acids is 2. The second-order valence-corrected chi connectivity index (χ2v) is 7.66. The van der Waals surface area contributed by atoms with E-state index in [-0.39, 0.29) is 35.6 Å². The van der Waals surface area contributed by atoms with Crippen molar-refractivity contribution >= 4 is 35.0 Å². The first kappa shape index (κ1) is 21.7. The molecule has 0 spiro atoms. The summed E-state index contributed by atoms with van der Waals surface area (Å²) < 4.78 is 13.4. The van der Waals surface area contributed by atoms with Crippen molar-refractivity contribution in [1.29, 1.82) is 5.26 Å². The van der Waals surface area contributed by atoms with Gasteiger partial charge in [0.25, 0.3) is 5.91 Å². The number of rotatable bonds is 8. The Labute approximate surface area is 188 Å². The summed E-state index contributed by atoms with van der Waals surface area (Å²) in [5, 5.41) is 17.9. The molecule has 9 nitrogen and oxygen atoms in total. The number of primary amides is 1. The molecule has 2 aromatic carbocycles. The van der Waals surface area contributed by atoms with Crippen molar-refractivity contribution in [2.45, 2.75) is 19.4 Å². The molecule has 1 saturated carbocycles. The number of nitrogens with zero attached hydrogens (tertiary/aromatic N) is 3. The topological polar surface area (TPSA) is 146 Å². The zero-order valence-electron chi connectivity index (χ0n) is 17.4. The lowest BCUT2D eigenvalue weighted by Gasteiger charge is -2.13. The molecular formula is C23H20FN7O2. The van der Waals surface area contributed by atoms with Crippen molar-refractivity contribution < 1.29 is 14.0 Å². The number of nitriles is 1. The van der Waals surface area contributed by atoms with Gasteiger partial charge in [-0.3, -0.25) is 9.59 Å². The molecule has 1 heterocycles. The van der Waals surface area contributed by atoms with Gasteiger partial charge in [-0.1, -0.05) is 18.2 Å². The Morgan fingerprint density at radius 3 is 2.61 bits per heavy atom. The second kappa shape index (κ2) is 8.92. The van der Waals surface area contributed by atoms with Crippen LogP contribution in [0.5, 0.6) is 0 Å². The fourth-order valence-electron chi connectivity index (χ4n) is 3.16. The first-order valence-corrected chi connectivity index (χ1v) is 10.1. The summed E-state index contributed by atoms with van der Waals surface area (Å²) >= 11 is 0. The Kier molecular flexibility index (Phi) is 5.87. The molecule has 0 radical (unpaired) electrons. The van der Waals surface area contributed by atoms with Crippen molar-refractivity contribution in [2.75, 3.05) is 16.0 Å². The molecule has 1 fully saturated rings. The lowest BCUT2D eigenvalue weighted by molar-refractivity contribution is -0.119. The number of nitrogens with two attached hydrogens (primary N) is 1. The highest BCUT2D eigenvalue weighted by molar-refractivity contribution is 5.99. The van der Waals surface area contributed by atoms with Crippen LogP contribution in [-0.2, 0) is 11.3 Å². The van der Waals surface area contributed by atoms with Crippen LogP contribution in [0.3, 0.4) is 0 Å². The van der Waals surface area contributed by atoms with Gasteiger partial charge in [-0.05, 0) is 48.7 Å². The molecule has 0 unspecified atom stereocenters. The molecule has 1 aromatic heterocycles. The lowest BCUT2D eigenvalue weighted by atomic mass is 10.1. The van der Waals surface area contributed by atoms with E-state index in [1.165, 1.54) is 18.3 Å². The normalized spacial score (nSPS) is 13.5. The van der Waals surface area contributed by atoms with Crippen molar-refractivity contribution in [2.24, 2.45) is 11.1 Å². The Bertz CT molecular complexity index is 1270. The van der Waals surface area contributed by atoms with Crippen LogP contribution < -0.4 is 21.7 Å². The summed E-state index contributed by atoms with van der Waals surface area (Å²) in [5.41, 5.74) is 6.34. The minimum absolute atomic E-state index is 0.0872. The summed E-state index contributed by atoms with van der Waals surface area (Å²) in [6.07, 6.45) is 2.40. The van der Waals surface area contributed by atoms with E-state index in [2.05, 4.69) is 32.0 Å². The third kappa shape index (κ3) is 5.04. The Morgan fingerprint density at radius 1 is 1.15 bits per heavy atom. The number of hydrogen-bond acceptors (Lipinski definition) is 7. The molecule has 10 heteroatoms. The van der Waals surface area contributed by atoms with Gasteiger partial charge in [0, 0.05) is 24.1 Å². The highest BCUT2D eigenvalue weighted by Gasteiger charge is 2.50. The number of hydrogen-bond donors (Lipinski definition) is 4. The molecule has 1 aliphatic rings. The van der Waals surface area contributed by atoms with Crippen molar-refractivity contribution in [3.05, 3.63) is 71.7 Å². The van der Waals surface area contributed by atoms with Gasteiger partial charge in [0.1, 0.15) is 17.1 Å². The average molecular weight is 445 g/mol. The van der Waals surface area contributed by atoms with E-state index in [4.69, 9.17) is 5.73 Å². The molecule has 4 rings (SSSR count). The van der Waals surface area contributed by atoms with Crippen LogP contribution in [0.2, 0.25) is 0 Å². The standard InChI is InChI=1S/C23H20FN7O2/c24-15-4-1-3-14(9-15)11-27-20-18(19(26)32)12-28-22(31-20)30-17-6-2-5-16(10-17)29-21(33)23(13-25)7-8-23/h1-6,9-10,12H,7-8,11H2,(H2,26,32)(H,29,33)(H2,27,28,30,31). The molecule has 33 heavy (non-hydrogen) atoms. The maximum absolute atomic E-state index is 13.4. The van der Waals surface area contributed by atoms with Crippen LogP contribution in [0.4, 0.5) is 27.5 Å². The Balaban J connectivity index is 1.50. The van der Waals surface area contributed by atoms with Crippen molar-refractivity contribution in [1.82, 2.24) is 9.97 Å². The van der Waals surface area contributed by atoms with Crippen molar-refractivity contribution in [3.8, 4) is 6.07 Å². The first-order chi connectivity index (χ1) is 15.9. The van der Waals surface area contributed by atoms with E-state index in [0.29, 0.717) is 29.8 Å². The van der Waals surface area contributed by atoms with Crippen LogP contribution in [0, 0.1) is 22.6 Å². The van der Waals surface area contributed by atoms with Gasteiger partial charge in [0.05, 0.1) is 11.6 Å².